The van der Waals surface area contributed by atoms with E-state index in [1.807, 2.05) is 36.0 Å². The summed E-state index contributed by atoms with van der Waals surface area (Å²) in [6.45, 7) is 11.7. The Morgan fingerprint density at radius 1 is 1.35 bits per heavy atom. The van der Waals surface area contributed by atoms with Crippen LogP contribution in [0.15, 0.2) is 42.1 Å². The number of nitrogens with zero attached hydrogens (tertiary/aromatic N) is 3. The number of hydrogen-bond acceptors (Lipinski definition) is 2. The van der Waals surface area contributed by atoms with Crippen LogP contribution < -0.4 is 0 Å². The molecule has 2 aromatic rings. The van der Waals surface area contributed by atoms with Crippen LogP contribution >= 0.6 is 0 Å². The van der Waals surface area contributed by atoms with Gasteiger partial charge in [0.2, 0.25) is 5.70 Å². The summed E-state index contributed by atoms with van der Waals surface area (Å²) in [5, 5.41) is 4.90. The van der Waals surface area contributed by atoms with Crippen LogP contribution in [0.2, 0.25) is 0 Å². The maximum Gasteiger partial charge on any atom is 0.226 e. The molecule has 2 aliphatic carbocycles. The van der Waals surface area contributed by atoms with Gasteiger partial charge in [-0.15, -0.1) is 0 Å². The Hall–Kier alpha value is -2.67. The molecule has 0 amide bonds. The first-order valence-corrected chi connectivity index (χ1v) is 9.27. The SMILES string of the molecule is [C-]#[N+]C1=C[C@]2(C)c3nn(C)c(-c4ccccc4)c3CC[C@H]2[C@H](CC)C1=O. The summed E-state index contributed by atoms with van der Waals surface area (Å²) in [7, 11) is 1.99. The van der Waals surface area contributed by atoms with Gasteiger partial charge in [0.15, 0.2) is 5.78 Å². The highest BCUT2D eigenvalue weighted by molar-refractivity contribution is 6.00. The van der Waals surface area contributed by atoms with Gasteiger partial charge in [-0.3, -0.25) is 4.68 Å². The van der Waals surface area contributed by atoms with E-state index in [4.69, 9.17) is 11.7 Å². The van der Waals surface area contributed by atoms with Crippen LogP contribution in [-0.2, 0) is 23.7 Å². The number of ketones is 1. The summed E-state index contributed by atoms with van der Waals surface area (Å²) in [5.74, 6) is 0.161. The molecule has 0 spiro atoms. The van der Waals surface area contributed by atoms with E-state index in [9.17, 15) is 4.79 Å². The average Bonchev–Trinajstić information content (AvgIpc) is 3.00. The average molecular weight is 345 g/mol. The molecule has 4 nitrogen and oxygen atoms in total. The smallest absolute Gasteiger partial charge is 0.226 e. The number of carbonyl (C=O) groups is 1. The molecule has 0 N–H and O–H groups in total. The molecule has 4 heteroatoms. The molecule has 2 aliphatic rings. The summed E-state index contributed by atoms with van der Waals surface area (Å²) >= 11 is 0. The number of fused-ring (bicyclic) bond motifs is 3. The second kappa shape index (κ2) is 5.95. The molecule has 0 saturated carbocycles. The van der Waals surface area contributed by atoms with E-state index in [2.05, 4.69) is 30.8 Å². The molecule has 0 fully saturated rings. The van der Waals surface area contributed by atoms with Gasteiger partial charge in [-0.2, -0.15) is 5.10 Å². The van der Waals surface area contributed by atoms with Crippen molar-refractivity contribution >= 4 is 5.78 Å². The molecule has 4 rings (SSSR count). The Kier molecular flexibility index (Phi) is 3.84. The third-order valence-electron chi connectivity index (χ3n) is 6.25. The first-order chi connectivity index (χ1) is 12.5. The monoisotopic (exact) mass is 345 g/mol. The minimum absolute atomic E-state index is 0.0210. The van der Waals surface area contributed by atoms with Gasteiger partial charge in [0.1, 0.15) is 0 Å². The molecule has 1 aromatic heterocycles. The van der Waals surface area contributed by atoms with Crippen LogP contribution in [0.3, 0.4) is 0 Å². The molecule has 132 valence electrons. The van der Waals surface area contributed by atoms with Gasteiger partial charge >= 0.3 is 0 Å². The summed E-state index contributed by atoms with van der Waals surface area (Å²) in [6.07, 6.45) is 4.57. The second-order valence-electron chi connectivity index (χ2n) is 7.61. The fraction of sp³-hybridized carbons (Fsp3) is 0.409. The molecule has 0 radical (unpaired) electrons. The zero-order valence-corrected chi connectivity index (χ0v) is 15.5. The van der Waals surface area contributed by atoms with Crippen LogP contribution in [-0.4, -0.2) is 15.6 Å². The number of aryl methyl sites for hydroxylation is 1. The lowest BCUT2D eigenvalue weighted by atomic mass is 9.57. The zero-order valence-electron chi connectivity index (χ0n) is 15.5. The zero-order chi connectivity index (χ0) is 18.5. The summed E-state index contributed by atoms with van der Waals surface area (Å²) in [4.78, 5) is 16.2. The predicted octanol–water partition coefficient (Wildman–Crippen LogP) is 4.32. The molecule has 26 heavy (non-hydrogen) atoms. The minimum atomic E-state index is -0.354. The highest BCUT2D eigenvalue weighted by Crippen LogP contribution is 2.51. The Labute approximate surface area is 154 Å². The Morgan fingerprint density at radius 2 is 2.08 bits per heavy atom. The van der Waals surface area contributed by atoms with Gasteiger partial charge in [0.05, 0.1) is 18.0 Å². The van der Waals surface area contributed by atoms with Crippen molar-refractivity contribution in [1.29, 1.82) is 0 Å². The van der Waals surface area contributed by atoms with Crippen molar-refractivity contribution in [3.63, 3.8) is 0 Å². The van der Waals surface area contributed by atoms with Gasteiger partial charge in [-0.1, -0.05) is 50.3 Å². The topological polar surface area (TPSA) is 39.2 Å². The third kappa shape index (κ3) is 2.20. The van der Waals surface area contributed by atoms with Crippen LogP contribution in [0.1, 0.15) is 37.9 Å². The Morgan fingerprint density at radius 3 is 2.73 bits per heavy atom. The summed E-state index contributed by atoms with van der Waals surface area (Å²) < 4.78 is 1.97. The number of Topliss-reactive ketones (excluding diaryl/α,β-unsaturated/α-hetero) is 1. The van der Waals surface area contributed by atoms with E-state index in [-0.39, 0.29) is 28.7 Å². The first-order valence-electron chi connectivity index (χ1n) is 9.27. The fourth-order valence-corrected chi connectivity index (χ4v) is 5.05. The first kappa shape index (κ1) is 16.8. The predicted molar refractivity (Wildman–Crippen MR) is 101 cm³/mol. The molecule has 0 unspecified atom stereocenters. The molecular weight excluding hydrogens is 322 g/mol. The van der Waals surface area contributed by atoms with Crippen molar-refractivity contribution in [3.8, 4) is 11.3 Å². The number of rotatable bonds is 2. The molecule has 3 atom stereocenters. The van der Waals surface area contributed by atoms with Gasteiger partial charge < -0.3 is 4.79 Å². The lowest BCUT2D eigenvalue weighted by Crippen LogP contribution is -2.46. The lowest BCUT2D eigenvalue weighted by Gasteiger charge is -2.45. The number of aromatic nitrogens is 2. The highest BCUT2D eigenvalue weighted by Gasteiger charge is 2.50. The molecule has 0 aliphatic heterocycles. The number of benzene rings is 1. The normalized spacial score (nSPS) is 27.3. The Balaban J connectivity index is 1.94. The van der Waals surface area contributed by atoms with Crippen molar-refractivity contribution in [2.24, 2.45) is 18.9 Å². The second-order valence-corrected chi connectivity index (χ2v) is 7.61. The highest BCUT2D eigenvalue weighted by atomic mass is 16.1. The molecule has 1 aromatic carbocycles. The number of hydrogen-bond donors (Lipinski definition) is 0. The molecule has 0 bridgehead atoms. The van der Waals surface area contributed by atoms with Crippen LogP contribution in [0, 0.1) is 18.4 Å². The largest absolute Gasteiger partial charge is 0.308 e. The van der Waals surface area contributed by atoms with Gasteiger partial charge in [-0.05, 0) is 25.2 Å². The molecule has 0 saturated heterocycles. The van der Waals surface area contributed by atoms with Crippen LogP contribution in [0.4, 0.5) is 0 Å². The van der Waals surface area contributed by atoms with Gasteiger partial charge in [-0.25, -0.2) is 4.85 Å². The Bertz CT molecular complexity index is 948. The lowest BCUT2D eigenvalue weighted by molar-refractivity contribution is -0.122. The van der Waals surface area contributed by atoms with E-state index in [1.165, 1.54) is 11.1 Å². The summed E-state index contributed by atoms with van der Waals surface area (Å²) in [5.41, 5.74) is 4.56. The van der Waals surface area contributed by atoms with Gasteiger partial charge in [0, 0.05) is 29.5 Å². The number of allylic oxidation sites excluding steroid dienone is 2. The molecule has 1 heterocycles. The van der Waals surface area contributed by atoms with Crippen molar-refractivity contribution in [2.45, 2.75) is 38.5 Å². The van der Waals surface area contributed by atoms with E-state index >= 15 is 0 Å². The quantitative estimate of drug-likeness (QED) is 0.761. The molecular formula is C22H23N3O. The van der Waals surface area contributed by atoms with Crippen molar-refractivity contribution in [1.82, 2.24) is 9.78 Å². The van der Waals surface area contributed by atoms with Crippen molar-refractivity contribution in [3.05, 3.63) is 64.8 Å². The van der Waals surface area contributed by atoms with Crippen molar-refractivity contribution in [2.75, 3.05) is 0 Å². The van der Waals surface area contributed by atoms with Crippen LogP contribution in [0.5, 0.6) is 0 Å². The standard InChI is InChI=1S/C22H23N3O/c1-5-15-17-12-11-16-19(14-9-7-6-8-10-14)25(4)24-21(16)22(17,2)13-18(23-3)20(15)26/h6-10,13,15,17H,5,11-12H2,1-2,4H3/t15-,17-,22-/m0/s1. The van der Waals surface area contributed by atoms with E-state index in [1.54, 1.807) is 0 Å². The van der Waals surface area contributed by atoms with Crippen LogP contribution in [0.25, 0.3) is 16.1 Å². The van der Waals surface area contributed by atoms with E-state index in [0.29, 0.717) is 0 Å². The maximum absolute atomic E-state index is 12.7. The number of carbonyl (C=O) groups excluding carboxylic acids is 1. The minimum Gasteiger partial charge on any atom is -0.308 e. The summed E-state index contributed by atoms with van der Waals surface area (Å²) in [6, 6.07) is 10.3. The third-order valence-corrected chi connectivity index (χ3v) is 6.25. The van der Waals surface area contributed by atoms with Gasteiger partial charge in [0.25, 0.3) is 0 Å². The maximum atomic E-state index is 12.7. The van der Waals surface area contributed by atoms with Crippen molar-refractivity contribution < 1.29 is 4.79 Å². The van der Waals surface area contributed by atoms with E-state index in [0.717, 1.165) is 30.7 Å². The van der Waals surface area contributed by atoms with E-state index < -0.39 is 0 Å². The fourth-order valence-electron chi connectivity index (χ4n) is 5.05.